The topological polar surface area (TPSA) is 83.8 Å². The maximum absolute atomic E-state index is 10.8. The van der Waals surface area contributed by atoms with Crippen LogP contribution < -0.4 is 0 Å². The Balaban J connectivity index is 2.44. The van der Waals surface area contributed by atoms with Crippen LogP contribution in [0.3, 0.4) is 0 Å². The van der Waals surface area contributed by atoms with Crippen LogP contribution in [0.2, 0.25) is 0 Å². The van der Waals surface area contributed by atoms with E-state index >= 15 is 0 Å². The number of rotatable bonds is 3. The number of hydrogen-bond donors (Lipinski definition) is 2. The fourth-order valence-corrected chi connectivity index (χ4v) is 1.31. The summed E-state index contributed by atoms with van der Waals surface area (Å²) in [4.78, 5) is 10.8. The van der Waals surface area contributed by atoms with Crippen LogP contribution in [-0.4, -0.2) is 31.1 Å². The van der Waals surface area contributed by atoms with Crippen molar-refractivity contribution in [3.63, 3.8) is 0 Å². The van der Waals surface area contributed by atoms with E-state index in [4.69, 9.17) is 5.11 Å². The van der Waals surface area contributed by atoms with Crippen molar-refractivity contribution in [1.29, 1.82) is 0 Å². The van der Waals surface area contributed by atoms with Crippen molar-refractivity contribution in [3.8, 4) is 11.4 Å². The zero-order chi connectivity index (χ0) is 10.8. The molecule has 2 aromatic heterocycles. The molecule has 0 unspecified atom stereocenters. The van der Waals surface area contributed by atoms with Crippen LogP contribution in [0.5, 0.6) is 0 Å². The van der Waals surface area contributed by atoms with Gasteiger partial charge in [0.2, 0.25) is 0 Å². The third-order valence-corrected chi connectivity index (χ3v) is 2.09. The molecule has 0 bridgehead atoms. The van der Waals surface area contributed by atoms with Gasteiger partial charge in [-0.15, -0.1) is 0 Å². The van der Waals surface area contributed by atoms with Gasteiger partial charge in [-0.1, -0.05) is 0 Å². The van der Waals surface area contributed by atoms with Crippen molar-refractivity contribution >= 4 is 5.97 Å². The van der Waals surface area contributed by atoms with Gasteiger partial charge in [0.1, 0.15) is 11.3 Å². The second-order valence-corrected chi connectivity index (χ2v) is 3.02. The van der Waals surface area contributed by atoms with E-state index in [1.807, 2.05) is 6.92 Å². The smallest absolute Gasteiger partial charge is 0.339 e. The quantitative estimate of drug-likeness (QED) is 0.784. The molecule has 0 aromatic carbocycles. The van der Waals surface area contributed by atoms with Crippen molar-refractivity contribution < 1.29 is 9.90 Å². The van der Waals surface area contributed by atoms with Gasteiger partial charge in [0.25, 0.3) is 0 Å². The van der Waals surface area contributed by atoms with Crippen LogP contribution in [-0.2, 0) is 6.54 Å². The molecule has 6 heteroatoms. The highest BCUT2D eigenvalue weighted by Crippen LogP contribution is 2.18. The molecule has 0 saturated heterocycles. The molecule has 0 aliphatic carbocycles. The standard InChI is InChI=1S/C9H10N4O2/c1-2-13-4-3-7(12-13)8-6(9(14)15)5-10-11-8/h3-5H,2H2,1H3,(H,10,11)(H,14,15). The first-order valence-electron chi connectivity index (χ1n) is 4.53. The first kappa shape index (κ1) is 9.45. The van der Waals surface area contributed by atoms with Crippen molar-refractivity contribution in [2.24, 2.45) is 0 Å². The molecule has 2 rings (SSSR count). The molecular weight excluding hydrogens is 196 g/mol. The molecule has 0 saturated carbocycles. The summed E-state index contributed by atoms with van der Waals surface area (Å²) >= 11 is 0. The molecule has 6 nitrogen and oxygen atoms in total. The molecule has 0 aliphatic rings. The van der Waals surface area contributed by atoms with Gasteiger partial charge in [0.05, 0.1) is 11.9 Å². The predicted octanol–water partition coefficient (Wildman–Crippen LogP) is 0.991. The van der Waals surface area contributed by atoms with E-state index in [1.54, 1.807) is 16.9 Å². The Morgan fingerprint density at radius 2 is 2.47 bits per heavy atom. The van der Waals surface area contributed by atoms with E-state index < -0.39 is 5.97 Å². The Morgan fingerprint density at radius 1 is 1.67 bits per heavy atom. The SMILES string of the molecule is CCn1ccc(-c2[nH]ncc2C(=O)O)n1. The average molecular weight is 206 g/mol. The molecule has 78 valence electrons. The van der Waals surface area contributed by atoms with Crippen LogP contribution in [0.15, 0.2) is 18.5 Å². The summed E-state index contributed by atoms with van der Waals surface area (Å²) in [6, 6.07) is 1.75. The summed E-state index contributed by atoms with van der Waals surface area (Å²) in [6.07, 6.45) is 3.07. The van der Waals surface area contributed by atoms with Gasteiger partial charge in [0, 0.05) is 12.7 Å². The van der Waals surface area contributed by atoms with Crippen molar-refractivity contribution in [2.45, 2.75) is 13.5 Å². The predicted molar refractivity (Wildman–Crippen MR) is 52.4 cm³/mol. The Kier molecular flexibility index (Phi) is 2.24. The van der Waals surface area contributed by atoms with Crippen LogP contribution in [0.1, 0.15) is 17.3 Å². The van der Waals surface area contributed by atoms with E-state index in [1.165, 1.54) is 6.20 Å². The summed E-state index contributed by atoms with van der Waals surface area (Å²) < 4.78 is 1.72. The van der Waals surface area contributed by atoms with E-state index in [9.17, 15) is 4.79 Å². The number of aryl methyl sites for hydroxylation is 1. The fraction of sp³-hybridized carbons (Fsp3) is 0.222. The van der Waals surface area contributed by atoms with E-state index in [-0.39, 0.29) is 5.56 Å². The molecule has 2 heterocycles. The first-order valence-corrected chi connectivity index (χ1v) is 4.53. The van der Waals surface area contributed by atoms with Crippen molar-refractivity contribution in [3.05, 3.63) is 24.0 Å². The summed E-state index contributed by atoms with van der Waals surface area (Å²) in [7, 11) is 0. The number of nitrogens with zero attached hydrogens (tertiary/aromatic N) is 3. The van der Waals surface area contributed by atoms with Gasteiger partial charge >= 0.3 is 5.97 Å². The van der Waals surface area contributed by atoms with Crippen LogP contribution >= 0.6 is 0 Å². The highest BCUT2D eigenvalue weighted by Gasteiger charge is 2.15. The monoisotopic (exact) mass is 206 g/mol. The lowest BCUT2D eigenvalue weighted by molar-refractivity contribution is 0.0698. The van der Waals surface area contributed by atoms with Crippen LogP contribution in [0, 0.1) is 0 Å². The Hall–Kier alpha value is -2.11. The normalized spacial score (nSPS) is 10.5. The largest absolute Gasteiger partial charge is 0.478 e. The zero-order valence-corrected chi connectivity index (χ0v) is 8.14. The summed E-state index contributed by atoms with van der Waals surface area (Å²) in [5, 5.41) is 19.4. The summed E-state index contributed by atoms with van der Waals surface area (Å²) in [5.41, 5.74) is 1.16. The average Bonchev–Trinajstić information content (AvgIpc) is 2.85. The highest BCUT2D eigenvalue weighted by molar-refractivity contribution is 5.93. The lowest BCUT2D eigenvalue weighted by Gasteiger charge is -1.95. The fourth-order valence-electron chi connectivity index (χ4n) is 1.31. The van der Waals surface area contributed by atoms with Gasteiger partial charge in [-0.05, 0) is 13.0 Å². The number of carbonyl (C=O) groups is 1. The van der Waals surface area contributed by atoms with Gasteiger partial charge in [0.15, 0.2) is 0 Å². The van der Waals surface area contributed by atoms with Gasteiger partial charge in [-0.2, -0.15) is 10.2 Å². The number of hydrogen-bond acceptors (Lipinski definition) is 3. The maximum Gasteiger partial charge on any atom is 0.339 e. The van der Waals surface area contributed by atoms with Crippen molar-refractivity contribution in [1.82, 2.24) is 20.0 Å². The Labute approximate surface area is 85.5 Å². The third kappa shape index (κ3) is 1.61. The van der Waals surface area contributed by atoms with Crippen LogP contribution in [0.25, 0.3) is 11.4 Å². The molecule has 0 atom stereocenters. The number of aromatic amines is 1. The number of carboxylic acid groups (broad SMARTS) is 1. The molecule has 0 aliphatic heterocycles. The second kappa shape index (κ2) is 3.56. The van der Waals surface area contributed by atoms with Gasteiger partial charge in [-0.25, -0.2) is 4.79 Å². The summed E-state index contributed by atoms with van der Waals surface area (Å²) in [6.45, 7) is 2.71. The minimum atomic E-state index is -1.01. The second-order valence-electron chi connectivity index (χ2n) is 3.02. The van der Waals surface area contributed by atoms with Gasteiger partial charge < -0.3 is 5.11 Å². The number of aromatic carboxylic acids is 1. The van der Waals surface area contributed by atoms with Gasteiger partial charge in [-0.3, -0.25) is 9.78 Å². The minimum Gasteiger partial charge on any atom is -0.478 e. The Morgan fingerprint density at radius 3 is 3.07 bits per heavy atom. The maximum atomic E-state index is 10.8. The van der Waals surface area contributed by atoms with E-state index in [2.05, 4.69) is 15.3 Å². The number of carboxylic acids is 1. The molecular formula is C9H10N4O2. The summed E-state index contributed by atoms with van der Waals surface area (Å²) in [5.74, 6) is -1.01. The number of aromatic nitrogens is 4. The van der Waals surface area contributed by atoms with E-state index in [0.29, 0.717) is 11.4 Å². The minimum absolute atomic E-state index is 0.136. The number of nitrogens with one attached hydrogen (secondary N) is 1. The highest BCUT2D eigenvalue weighted by atomic mass is 16.4. The number of H-pyrrole nitrogens is 1. The lowest BCUT2D eigenvalue weighted by atomic mass is 10.2. The molecule has 0 fully saturated rings. The van der Waals surface area contributed by atoms with E-state index in [0.717, 1.165) is 6.54 Å². The zero-order valence-electron chi connectivity index (χ0n) is 8.14. The molecule has 15 heavy (non-hydrogen) atoms. The lowest BCUT2D eigenvalue weighted by Crippen LogP contribution is -1.98. The molecule has 0 radical (unpaired) electrons. The molecule has 2 aromatic rings. The molecule has 2 N–H and O–H groups in total. The van der Waals surface area contributed by atoms with Crippen LogP contribution in [0.4, 0.5) is 0 Å². The third-order valence-electron chi connectivity index (χ3n) is 2.09. The van der Waals surface area contributed by atoms with Crippen molar-refractivity contribution in [2.75, 3.05) is 0 Å². The Bertz CT molecular complexity index is 486. The molecule has 0 spiro atoms. The molecule has 0 amide bonds. The first-order chi connectivity index (χ1) is 7.22.